The van der Waals surface area contributed by atoms with E-state index < -0.39 is 0 Å². The number of nitrogens with zero attached hydrogens (tertiary/aromatic N) is 3. The maximum absolute atomic E-state index is 13.6. The third-order valence-electron chi connectivity index (χ3n) is 6.71. The number of carbonyl (C=O) groups is 1. The van der Waals surface area contributed by atoms with E-state index in [0.29, 0.717) is 5.91 Å². The van der Waals surface area contributed by atoms with E-state index in [1.165, 1.54) is 17.7 Å². The summed E-state index contributed by atoms with van der Waals surface area (Å²) in [7, 11) is 1.73. The molecule has 3 heterocycles. The summed E-state index contributed by atoms with van der Waals surface area (Å²) in [6.07, 6.45) is 5.62. The Kier molecular flexibility index (Phi) is 7.51. The van der Waals surface area contributed by atoms with Crippen LogP contribution in [0, 0.1) is 0 Å². The topological polar surface area (TPSA) is 36.0 Å². The Balaban J connectivity index is 1.58. The zero-order valence-corrected chi connectivity index (χ0v) is 19.7. The number of anilines is 1. The van der Waals surface area contributed by atoms with Crippen LogP contribution in [0.5, 0.6) is 5.75 Å². The van der Waals surface area contributed by atoms with Crippen molar-refractivity contribution in [3.05, 3.63) is 46.7 Å². The SMILES string of the molecule is CCC(C(=O)N1CCCCCC1)N1CCN(c2ccccc2OC)CC1c1cccs1. The van der Waals surface area contributed by atoms with Crippen molar-refractivity contribution < 1.29 is 9.53 Å². The van der Waals surface area contributed by atoms with Crippen molar-refractivity contribution in [2.24, 2.45) is 0 Å². The van der Waals surface area contributed by atoms with Crippen LogP contribution < -0.4 is 9.64 Å². The van der Waals surface area contributed by atoms with E-state index in [4.69, 9.17) is 4.74 Å². The lowest BCUT2D eigenvalue weighted by Crippen LogP contribution is -2.56. The molecular formula is C25H35N3O2S. The number of piperazine rings is 1. The molecule has 0 saturated carbocycles. The molecule has 1 aromatic carbocycles. The first-order valence-corrected chi connectivity index (χ1v) is 12.6. The Hall–Kier alpha value is -2.05. The molecule has 2 aromatic rings. The second-order valence-electron chi connectivity index (χ2n) is 8.55. The Morgan fingerprint density at radius 3 is 2.52 bits per heavy atom. The molecule has 2 saturated heterocycles. The molecule has 31 heavy (non-hydrogen) atoms. The molecule has 2 aliphatic heterocycles. The first-order chi connectivity index (χ1) is 15.2. The van der Waals surface area contributed by atoms with Crippen molar-refractivity contribution in [2.75, 3.05) is 44.7 Å². The number of rotatable bonds is 6. The van der Waals surface area contributed by atoms with E-state index in [1.807, 2.05) is 12.1 Å². The van der Waals surface area contributed by atoms with Crippen LogP contribution in [-0.2, 0) is 4.79 Å². The average molecular weight is 442 g/mol. The largest absolute Gasteiger partial charge is 0.495 e. The molecule has 6 heteroatoms. The van der Waals surface area contributed by atoms with Crippen LogP contribution in [0.2, 0.25) is 0 Å². The van der Waals surface area contributed by atoms with Crippen LogP contribution in [0.25, 0.3) is 0 Å². The van der Waals surface area contributed by atoms with Gasteiger partial charge in [-0.25, -0.2) is 0 Å². The van der Waals surface area contributed by atoms with Gasteiger partial charge in [0.1, 0.15) is 5.75 Å². The summed E-state index contributed by atoms with van der Waals surface area (Å²) in [5, 5.41) is 2.15. The quantitative estimate of drug-likeness (QED) is 0.645. The number of methoxy groups -OCH3 is 1. The van der Waals surface area contributed by atoms with Gasteiger partial charge in [-0.1, -0.05) is 38.0 Å². The van der Waals surface area contributed by atoms with Gasteiger partial charge in [-0.3, -0.25) is 9.69 Å². The lowest BCUT2D eigenvalue weighted by molar-refractivity contribution is -0.138. The summed E-state index contributed by atoms with van der Waals surface area (Å²) in [4.78, 5) is 22.0. The first kappa shape index (κ1) is 22.2. The number of hydrogen-bond acceptors (Lipinski definition) is 5. The van der Waals surface area contributed by atoms with Crippen molar-refractivity contribution in [3.63, 3.8) is 0 Å². The molecule has 0 radical (unpaired) electrons. The standard InChI is InChI=1S/C25H35N3O2S/c1-3-20(25(29)26-14-8-4-5-9-15-26)28-17-16-27(19-22(28)24-13-10-18-31-24)21-11-6-7-12-23(21)30-2/h6-7,10-13,18,20,22H,3-5,8-9,14-17,19H2,1-2H3. The monoisotopic (exact) mass is 441 g/mol. The lowest BCUT2D eigenvalue weighted by Gasteiger charge is -2.46. The molecule has 4 rings (SSSR count). The molecule has 0 bridgehead atoms. The van der Waals surface area contributed by atoms with Crippen LogP contribution >= 0.6 is 11.3 Å². The molecule has 2 atom stereocenters. The minimum atomic E-state index is -0.0509. The van der Waals surface area contributed by atoms with E-state index in [1.54, 1.807) is 18.4 Å². The second-order valence-corrected chi connectivity index (χ2v) is 9.53. The molecule has 0 aliphatic carbocycles. The Bertz CT molecular complexity index is 833. The minimum Gasteiger partial charge on any atom is -0.495 e. The van der Waals surface area contributed by atoms with Gasteiger partial charge in [-0.15, -0.1) is 11.3 Å². The smallest absolute Gasteiger partial charge is 0.239 e. The van der Waals surface area contributed by atoms with Gasteiger partial charge in [0.05, 0.1) is 24.9 Å². The first-order valence-electron chi connectivity index (χ1n) is 11.7. The number of amides is 1. The van der Waals surface area contributed by atoms with E-state index in [2.05, 4.69) is 51.3 Å². The van der Waals surface area contributed by atoms with E-state index in [0.717, 1.165) is 63.4 Å². The predicted molar refractivity (Wildman–Crippen MR) is 128 cm³/mol. The molecule has 0 spiro atoms. The molecule has 2 unspecified atom stereocenters. The van der Waals surface area contributed by atoms with Crippen LogP contribution in [-0.4, -0.2) is 61.6 Å². The zero-order valence-electron chi connectivity index (χ0n) is 18.8. The molecule has 5 nitrogen and oxygen atoms in total. The van der Waals surface area contributed by atoms with Crippen LogP contribution in [0.1, 0.15) is 49.9 Å². The molecule has 1 amide bonds. The summed E-state index contributed by atoms with van der Waals surface area (Å²) >= 11 is 1.79. The number of carbonyl (C=O) groups excluding carboxylic acids is 1. The van der Waals surface area contributed by atoms with E-state index in [9.17, 15) is 4.79 Å². The number of hydrogen-bond donors (Lipinski definition) is 0. The summed E-state index contributed by atoms with van der Waals surface area (Å²) in [6.45, 7) is 6.63. The van der Waals surface area contributed by atoms with Crippen molar-refractivity contribution in [1.29, 1.82) is 0 Å². The van der Waals surface area contributed by atoms with E-state index >= 15 is 0 Å². The zero-order chi connectivity index (χ0) is 21.6. The van der Waals surface area contributed by atoms with Gasteiger partial charge in [-0.05, 0) is 42.8 Å². The van der Waals surface area contributed by atoms with Gasteiger partial charge in [0.15, 0.2) is 0 Å². The average Bonchev–Trinajstić information content (AvgIpc) is 3.21. The number of ether oxygens (including phenoxy) is 1. The molecule has 168 valence electrons. The molecule has 0 N–H and O–H groups in total. The summed E-state index contributed by atoms with van der Waals surface area (Å²) in [5.41, 5.74) is 1.14. The predicted octanol–water partition coefficient (Wildman–Crippen LogP) is 4.80. The number of para-hydroxylation sites is 2. The molecular weight excluding hydrogens is 406 g/mol. The van der Waals surface area contributed by atoms with E-state index in [-0.39, 0.29) is 12.1 Å². The van der Waals surface area contributed by atoms with Gasteiger partial charge >= 0.3 is 0 Å². The second kappa shape index (κ2) is 10.5. The fourth-order valence-corrected chi connectivity index (χ4v) is 5.91. The molecule has 1 aromatic heterocycles. The summed E-state index contributed by atoms with van der Waals surface area (Å²) in [5.74, 6) is 1.24. The summed E-state index contributed by atoms with van der Waals surface area (Å²) in [6, 6.07) is 12.8. The highest BCUT2D eigenvalue weighted by atomic mass is 32.1. The fraction of sp³-hybridized carbons (Fsp3) is 0.560. The van der Waals surface area contributed by atoms with Crippen molar-refractivity contribution >= 4 is 22.9 Å². The third kappa shape index (κ3) is 4.90. The highest BCUT2D eigenvalue weighted by Crippen LogP contribution is 2.36. The molecule has 2 fully saturated rings. The Labute approximate surface area is 190 Å². The molecule has 2 aliphatic rings. The summed E-state index contributed by atoms with van der Waals surface area (Å²) < 4.78 is 5.64. The minimum absolute atomic E-state index is 0.0509. The van der Waals surface area contributed by atoms with Crippen LogP contribution in [0.3, 0.4) is 0 Å². The fourth-order valence-electron chi connectivity index (χ4n) is 5.07. The van der Waals surface area contributed by atoms with Crippen molar-refractivity contribution in [2.45, 2.75) is 51.1 Å². The van der Waals surface area contributed by atoms with Gasteiger partial charge in [0, 0.05) is 37.6 Å². The van der Waals surface area contributed by atoms with Gasteiger partial charge in [0.25, 0.3) is 0 Å². The Morgan fingerprint density at radius 1 is 1.06 bits per heavy atom. The number of likely N-dealkylation sites (tertiary alicyclic amines) is 1. The van der Waals surface area contributed by atoms with Crippen molar-refractivity contribution in [1.82, 2.24) is 9.80 Å². The highest BCUT2D eigenvalue weighted by Gasteiger charge is 2.38. The van der Waals surface area contributed by atoms with Crippen LogP contribution in [0.15, 0.2) is 41.8 Å². The van der Waals surface area contributed by atoms with Gasteiger partial charge in [-0.2, -0.15) is 0 Å². The maximum Gasteiger partial charge on any atom is 0.239 e. The number of thiophene rings is 1. The highest BCUT2D eigenvalue weighted by molar-refractivity contribution is 7.10. The lowest BCUT2D eigenvalue weighted by atomic mass is 10.0. The van der Waals surface area contributed by atoms with Crippen LogP contribution in [0.4, 0.5) is 5.69 Å². The number of benzene rings is 1. The Morgan fingerprint density at radius 2 is 1.84 bits per heavy atom. The third-order valence-corrected chi connectivity index (χ3v) is 7.68. The maximum atomic E-state index is 13.6. The normalized spacial score (nSPS) is 21.5. The van der Waals surface area contributed by atoms with Gasteiger partial charge < -0.3 is 14.5 Å². The van der Waals surface area contributed by atoms with Crippen molar-refractivity contribution in [3.8, 4) is 5.75 Å². The van der Waals surface area contributed by atoms with Gasteiger partial charge in [0.2, 0.25) is 5.91 Å².